The molecule has 0 saturated carbocycles. The number of nitrogens with zero attached hydrogens (tertiary/aromatic N) is 2. The van der Waals surface area contributed by atoms with Crippen LogP contribution < -0.4 is 5.73 Å². The van der Waals surface area contributed by atoms with Crippen LogP contribution in [-0.2, 0) is 0 Å². The molecule has 0 radical (unpaired) electrons. The van der Waals surface area contributed by atoms with Gasteiger partial charge >= 0.3 is 6.03 Å². The minimum atomic E-state index is -0.506. The molecule has 0 aromatic heterocycles. The molecule has 2 aliphatic heterocycles. The Labute approximate surface area is 84.5 Å². The number of H-pyrrole nitrogens is 1. The number of nitrogens with one attached hydrogen (secondary N) is 1. The molecule has 1 amide bonds. The van der Waals surface area contributed by atoms with Gasteiger partial charge in [0.15, 0.2) is 11.0 Å². The van der Waals surface area contributed by atoms with Crippen molar-refractivity contribution in [3.05, 3.63) is 41.3 Å². The molecule has 3 N–H and O–H groups in total. The van der Waals surface area contributed by atoms with Gasteiger partial charge in [-0.3, -0.25) is 0 Å². The number of hydrogen-bond acceptors (Lipinski definition) is 2. The zero-order valence-corrected chi connectivity index (χ0v) is 7.77. The van der Waals surface area contributed by atoms with Crippen molar-refractivity contribution in [2.45, 2.75) is 0 Å². The van der Waals surface area contributed by atoms with E-state index >= 15 is 0 Å². The van der Waals surface area contributed by atoms with Gasteiger partial charge in [0.25, 0.3) is 0 Å². The SMILES string of the molecule is NC(=O)n1c2nc3cccccc-3[nH]c1=2. The Balaban J connectivity index is 2.35. The molecule has 0 atom stereocenters. The lowest BCUT2D eigenvalue weighted by atomic mass is 10.3. The van der Waals surface area contributed by atoms with E-state index in [1.165, 1.54) is 4.57 Å². The fourth-order valence-electron chi connectivity index (χ4n) is 1.57. The van der Waals surface area contributed by atoms with Gasteiger partial charge in [-0.25, -0.2) is 14.3 Å². The molecular weight excluding hydrogens is 192 g/mol. The van der Waals surface area contributed by atoms with Crippen molar-refractivity contribution >= 4 is 6.03 Å². The van der Waals surface area contributed by atoms with Crippen LogP contribution in [-0.4, -0.2) is 20.6 Å². The summed E-state index contributed by atoms with van der Waals surface area (Å²) in [6, 6.07) is 9.00. The first-order valence-corrected chi connectivity index (χ1v) is 4.52. The van der Waals surface area contributed by atoms with E-state index in [1.807, 2.05) is 30.3 Å². The number of carbonyl (C=O) groups excluding carboxylic acids is 1. The topological polar surface area (TPSA) is 76.7 Å². The van der Waals surface area contributed by atoms with Crippen LogP contribution in [0.15, 0.2) is 30.3 Å². The number of primary amides is 1. The summed E-state index contributed by atoms with van der Waals surface area (Å²) in [5.41, 5.74) is 8.14. The molecule has 5 nitrogen and oxygen atoms in total. The monoisotopic (exact) mass is 200 g/mol. The van der Waals surface area contributed by atoms with Crippen molar-refractivity contribution in [1.82, 2.24) is 14.5 Å². The highest BCUT2D eigenvalue weighted by molar-refractivity contribution is 5.76. The highest BCUT2D eigenvalue weighted by Gasteiger charge is 2.17. The Morgan fingerprint density at radius 3 is 2.93 bits per heavy atom. The molecule has 1 aliphatic carbocycles. The number of aromatic nitrogens is 3. The van der Waals surface area contributed by atoms with Gasteiger partial charge in [-0.05, 0) is 12.1 Å². The molecule has 0 fully saturated rings. The highest BCUT2D eigenvalue weighted by atomic mass is 16.2. The van der Waals surface area contributed by atoms with E-state index in [0.717, 1.165) is 11.4 Å². The Bertz CT molecular complexity index is 617. The first kappa shape index (κ1) is 8.05. The summed E-state index contributed by atoms with van der Waals surface area (Å²) in [5, 5.41) is 0. The number of hydrogen-bond donors (Lipinski definition) is 2. The largest absolute Gasteiger partial charge is 0.351 e. The molecule has 3 rings (SSSR count). The first-order chi connectivity index (χ1) is 7.27. The van der Waals surface area contributed by atoms with Crippen molar-refractivity contribution in [1.29, 1.82) is 0 Å². The van der Waals surface area contributed by atoms with E-state index < -0.39 is 6.03 Å². The minimum absolute atomic E-state index is 0.506. The maximum absolute atomic E-state index is 10.9. The molecule has 0 saturated heterocycles. The van der Waals surface area contributed by atoms with Crippen LogP contribution in [0, 0.1) is 11.0 Å². The van der Waals surface area contributed by atoms with Gasteiger partial charge in [0.05, 0.1) is 11.4 Å². The predicted molar refractivity (Wildman–Crippen MR) is 53.5 cm³/mol. The zero-order chi connectivity index (χ0) is 10.4. The highest BCUT2D eigenvalue weighted by Crippen LogP contribution is 2.17. The van der Waals surface area contributed by atoms with Gasteiger partial charge in [0.1, 0.15) is 0 Å². The average Bonchev–Trinajstić information content (AvgIpc) is 2.91. The summed E-state index contributed by atoms with van der Waals surface area (Å²) in [4.78, 5) is 18.3. The quantitative estimate of drug-likeness (QED) is 0.567. The van der Waals surface area contributed by atoms with E-state index in [9.17, 15) is 4.79 Å². The summed E-state index contributed by atoms with van der Waals surface area (Å²) in [6.45, 7) is 0. The van der Waals surface area contributed by atoms with Crippen LogP contribution in [0.5, 0.6) is 0 Å². The van der Waals surface area contributed by atoms with Gasteiger partial charge < -0.3 is 10.7 Å². The summed E-state index contributed by atoms with van der Waals surface area (Å²) >= 11 is 0. The van der Waals surface area contributed by atoms with E-state index in [2.05, 4.69) is 9.97 Å². The summed E-state index contributed by atoms with van der Waals surface area (Å²) in [5.74, 6) is 0. The Hall–Kier alpha value is -2.30. The molecule has 3 aliphatic rings. The van der Waals surface area contributed by atoms with Crippen LogP contribution in [0.1, 0.15) is 0 Å². The van der Waals surface area contributed by atoms with Crippen LogP contribution in [0.3, 0.4) is 0 Å². The predicted octanol–water partition coefficient (Wildman–Crippen LogP) is 0.968. The number of amides is 1. The van der Waals surface area contributed by atoms with Gasteiger partial charge in [0, 0.05) is 0 Å². The van der Waals surface area contributed by atoms with Gasteiger partial charge in [-0.2, -0.15) is 0 Å². The molecule has 0 aromatic rings. The Morgan fingerprint density at radius 1 is 1.33 bits per heavy atom. The summed E-state index contributed by atoms with van der Waals surface area (Å²) < 4.78 is 1.35. The van der Waals surface area contributed by atoms with E-state index in [-0.39, 0.29) is 0 Å². The van der Waals surface area contributed by atoms with Crippen molar-refractivity contribution in [2.24, 2.45) is 5.73 Å². The van der Waals surface area contributed by atoms with Gasteiger partial charge in [-0.15, -0.1) is 0 Å². The molecular formula is C10H8N4O. The number of rotatable bonds is 0. The van der Waals surface area contributed by atoms with Crippen molar-refractivity contribution in [2.75, 3.05) is 0 Å². The molecule has 0 aromatic carbocycles. The third-order valence-corrected chi connectivity index (χ3v) is 2.31. The third kappa shape index (κ3) is 1.10. The summed E-state index contributed by atoms with van der Waals surface area (Å²) in [6.07, 6.45) is 0. The normalized spacial score (nSPS) is 11.2. The third-order valence-electron chi connectivity index (χ3n) is 2.31. The van der Waals surface area contributed by atoms with Gasteiger partial charge in [0.2, 0.25) is 0 Å². The molecule has 0 spiro atoms. The lowest BCUT2D eigenvalue weighted by Gasteiger charge is -1.93. The zero-order valence-electron chi connectivity index (χ0n) is 7.77. The maximum Gasteiger partial charge on any atom is 0.326 e. The molecule has 5 heteroatoms. The number of nitrogens with two attached hydrogens (primary N) is 1. The molecule has 15 heavy (non-hydrogen) atoms. The van der Waals surface area contributed by atoms with Crippen molar-refractivity contribution in [3.63, 3.8) is 0 Å². The molecule has 2 heterocycles. The van der Waals surface area contributed by atoms with Crippen molar-refractivity contribution < 1.29 is 4.79 Å². The van der Waals surface area contributed by atoms with E-state index in [1.54, 1.807) is 0 Å². The number of aromatic amines is 1. The minimum Gasteiger partial charge on any atom is -0.351 e. The Morgan fingerprint density at radius 2 is 2.13 bits per heavy atom. The first-order valence-electron chi connectivity index (χ1n) is 4.52. The molecule has 0 unspecified atom stereocenters. The van der Waals surface area contributed by atoms with Crippen LogP contribution in [0.25, 0.3) is 11.4 Å². The second-order valence-corrected chi connectivity index (χ2v) is 3.29. The molecule has 0 bridgehead atoms. The van der Waals surface area contributed by atoms with E-state index in [4.69, 9.17) is 5.73 Å². The number of fused-ring (bicyclic) bond motifs is 1. The maximum atomic E-state index is 10.9. The van der Waals surface area contributed by atoms with Crippen molar-refractivity contribution in [3.8, 4) is 11.4 Å². The second-order valence-electron chi connectivity index (χ2n) is 3.29. The number of carbonyl (C=O) groups is 1. The standard InChI is InChI=1S/C10H8N4O/c11-10(15)14-8-9(14)13-7-5-3-1-2-4-6(7)12-8/h1-5,12H,(H2,11,15). The molecule has 74 valence electrons. The van der Waals surface area contributed by atoms with Gasteiger partial charge in [-0.1, -0.05) is 18.2 Å². The smallest absolute Gasteiger partial charge is 0.326 e. The van der Waals surface area contributed by atoms with Crippen LogP contribution >= 0.6 is 0 Å². The fourth-order valence-corrected chi connectivity index (χ4v) is 1.57. The Kier molecular flexibility index (Phi) is 1.39. The lowest BCUT2D eigenvalue weighted by molar-refractivity contribution is 0.251. The average molecular weight is 200 g/mol. The second kappa shape index (κ2) is 2.60. The van der Waals surface area contributed by atoms with Crippen LogP contribution in [0.2, 0.25) is 0 Å². The summed E-state index contributed by atoms with van der Waals surface area (Å²) in [7, 11) is 0. The van der Waals surface area contributed by atoms with E-state index in [0.29, 0.717) is 11.0 Å². The van der Waals surface area contributed by atoms with Crippen LogP contribution in [0.4, 0.5) is 4.79 Å². The lowest BCUT2D eigenvalue weighted by Crippen LogP contribution is -2.14. The fraction of sp³-hybridized carbons (Fsp3) is 0.